The molecule has 0 aliphatic carbocycles. The standard InChI is InChI=1S/C14H18N2S/c1-9-5-6-10(2)14-13(9)16(4)11(3)12(17-14)7-8-15/h5-6,11-12H,7H2,1-4H3. The first-order chi connectivity index (χ1) is 8.06. The van der Waals surface area contributed by atoms with Crippen molar-refractivity contribution in [3.8, 4) is 6.07 Å². The Labute approximate surface area is 108 Å². The van der Waals surface area contributed by atoms with E-state index in [0.717, 1.165) is 0 Å². The summed E-state index contributed by atoms with van der Waals surface area (Å²) in [5, 5.41) is 9.29. The molecule has 2 atom stereocenters. The van der Waals surface area contributed by atoms with Crippen molar-refractivity contribution in [2.24, 2.45) is 0 Å². The monoisotopic (exact) mass is 246 g/mol. The molecule has 0 fully saturated rings. The van der Waals surface area contributed by atoms with E-state index in [1.54, 1.807) is 0 Å². The molecule has 0 spiro atoms. The summed E-state index contributed by atoms with van der Waals surface area (Å²) < 4.78 is 0. The van der Waals surface area contributed by atoms with Crippen LogP contribution in [0.4, 0.5) is 5.69 Å². The molecule has 1 aliphatic heterocycles. The average Bonchev–Trinajstić information content (AvgIpc) is 2.30. The number of benzene rings is 1. The smallest absolute Gasteiger partial charge is 0.0634 e. The molecule has 2 rings (SSSR count). The van der Waals surface area contributed by atoms with Gasteiger partial charge in [-0.25, -0.2) is 0 Å². The quantitative estimate of drug-likeness (QED) is 0.758. The van der Waals surface area contributed by atoms with Crippen molar-refractivity contribution < 1.29 is 0 Å². The number of hydrogen-bond donors (Lipinski definition) is 0. The van der Waals surface area contributed by atoms with Crippen molar-refractivity contribution in [3.63, 3.8) is 0 Å². The topological polar surface area (TPSA) is 27.0 Å². The van der Waals surface area contributed by atoms with Crippen molar-refractivity contribution >= 4 is 17.4 Å². The van der Waals surface area contributed by atoms with Gasteiger partial charge in [0.2, 0.25) is 0 Å². The van der Waals surface area contributed by atoms with Gasteiger partial charge in [-0.1, -0.05) is 12.1 Å². The molecular formula is C14H18N2S. The van der Waals surface area contributed by atoms with Crippen LogP contribution in [-0.2, 0) is 0 Å². The molecule has 17 heavy (non-hydrogen) atoms. The van der Waals surface area contributed by atoms with Crippen LogP contribution in [0.2, 0.25) is 0 Å². The number of hydrogen-bond acceptors (Lipinski definition) is 3. The predicted molar refractivity (Wildman–Crippen MR) is 73.7 cm³/mol. The zero-order valence-corrected chi connectivity index (χ0v) is 11.6. The molecule has 0 N–H and O–H groups in total. The molecular weight excluding hydrogens is 228 g/mol. The molecule has 3 heteroatoms. The lowest BCUT2D eigenvalue weighted by molar-refractivity contribution is 0.636. The summed E-state index contributed by atoms with van der Waals surface area (Å²) in [6.07, 6.45) is 0.614. The molecule has 2 nitrogen and oxygen atoms in total. The van der Waals surface area contributed by atoms with Gasteiger partial charge in [0.15, 0.2) is 0 Å². The van der Waals surface area contributed by atoms with Gasteiger partial charge in [-0.2, -0.15) is 5.26 Å². The minimum Gasteiger partial charge on any atom is -0.370 e. The number of nitrogens with zero attached hydrogens (tertiary/aromatic N) is 2. The second kappa shape index (κ2) is 4.62. The molecule has 2 unspecified atom stereocenters. The van der Waals surface area contributed by atoms with E-state index in [2.05, 4.69) is 50.9 Å². The van der Waals surface area contributed by atoms with Crippen molar-refractivity contribution in [1.29, 1.82) is 5.26 Å². The summed E-state index contributed by atoms with van der Waals surface area (Å²) in [5.74, 6) is 0. The van der Waals surface area contributed by atoms with Gasteiger partial charge in [-0.15, -0.1) is 11.8 Å². The normalized spacial score (nSPS) is 23.1. The maximum absolute atomic E-state index is 8.91. The van der Waals surface area contributed by atoms with E-state index < -0.39 is 0 Å². The second-order valence-electron chi connectivity index (χ2n) is 4.75. The molecule has 0 saturated heterocycles. The highest BCUT2D eigenvalue weighted by atomic mass is 32.2. The Morgan fingerprint density at radius 1 is 1.35 bits per heavy atom. The van der Waals surface area contributed by atoms with E-state index in [1.807, 2.05) is 11.8 Å². The molecule has 0 amide bonds. The zero-order chi connectivity index (χ0) is 12.6. The number of nitriles is 1. The van der Waals surface area contributed by atoms with E-state index in [9.17, 15) is 0 Å². The first-order valence-corrected chi connectivity index (χ1v) is 6.81. The van der Waals surface area contributed by atoms with E-state index in [4.69, 9.17) is 5.26 Å². The van der Waals surface area contributed by atoms with Gasteiger partial charge in [0.05, 0.1) is 11.8 Å². The highest BCUT2D eigenvalue weighted by Gasteiger charge is 2.31. The van der Waals surface area contributed by atoms with Gasteiger partial charge in [-0.3, -0.25) is 0 Å². The van der Waals surface area contributed by atoms with Crippen LogP contribution in [0.5, 0.6) is 0 Å². The fourth-order valence-corrected chi connectivity index (χ4v) is 3.87. The van der Waals surface area contributed by atoms with Gasteiger partial charge in [-0.05, 0) is 31.9 Å². The molecule has 1 aromatic carbocycles. The molecule has 0 radical (unpaired) electrons. The van der Waals surface area contributed by atoms with Crippen molar-refractivity contribution in [2.75, 3.05) is 11.9 Å². The average molecular weight is 246 g/mol. The minimum absolute atomic E-state index is 0.373. The van der Waals surface area contributed by atoms with E-state index in [0.29, 0.717) is 17.7 Å². The summed E-state index contributed by atoms with van der Waals surface area (Å²) in [4.78, 5) is 3.68. The molecule has 1 heterocycles. The van der Waals surface area contributed by atoms with Crippen LogP contribution < -0.4 is 4.90 Å². The summed E-state index contributed by atoms with van der Waals surface area (Å²) in [5.41, 5.74) is 3.98. The number of thioether (sulfide) groups is 1. The molecule has 0 saturated carbocycles. The van der Waals surface area contributed by atoms with E-state index >= 15 is 0 Å². The Morgan fingerprint density at radius 2 is 2.00 bits per heavy atom. The molecule has 90 valence electrons. The van der Waals surface area contributed by atoms with Gasteiger partial charge in [0, 0.05) is 29.7 Å². The van der Waals surface area contributed by atoms with Crippen LogP contribution in [-0.4, -0.2) is 18.3 Å². The lowest BCUT2D eigenvalue weighted by Gasteiger charge is -2.40. The largest absolute Gasteiger partial charge is 0.370 e. The number of anilines is 1. The SMILES string of the molecule is Cc1ccc(C)c2c1SC(CC#N)C(C)N2C. The zero-order valence-electron chi connectivity index (χ0n) is 10.8. The van der Waals surface area contributed by atoms with Crippen LogP contribution in [0.15, 0.2) is 17.0 Å². The van der Waals surface area contributed by atoms with Gasteiger partial charge < -0.3 is 4.90 Å². The van der Waals surface area contributed by atoms with E-state index in [1.165, 1.54) is 21.7 Å². The molecule has 1 aliphatic rings. The number of fused-ring (bicyclic) bond motifs is 1. The van der Waals surface area contributed by atoms with Crippen LogP contribution >= 0.6 is 11.8 Å². The highest BCUT2D eigenvalue weighted by Crippen LogP contribution is 2.45. The van der Waals surface area contributed by atoms with Crippen LogP contribution in [0, 0.1) is 25.2 Å². The Kier molecular flexibility index (Phi) is 3.35. The third-order valence-electron chi connectivity index (χ3n) is 3.59. The lowest BCUT2D eigenvalue weighted by atomic mass is 10.1. The Balaban J connectivity index is 2.49. The van der Waals surface area contributed by atoms with Crippen LogP contribution in [0.3, 0.4) is 0 Å². The molecule has 1 aromatic rings. The summed E-state index contributed by atoms with van der Waals surface area (Å²) in [6, 6.07) is 7.07. The van der Waals surface area contributed by atoms with Crippen molar-refractivity contribution in [3.05, 3.63) is 23.3 Å². The Morgan fingerprint density at radius 3 is 2.65 bits per heavy atom. The first kappa shape index (κ1) is 12.3. The van der Waals surface area contributed by atoms with E-state index in [-0.39, 0.29) is 0 Å². The van der Waals surface area contributed by atoms with Gasteiger partial charge >= 0.3 is 0 Å². The second-order valence-corrected chi connectivity index (χ2v) is 6.00. The third-order valence-corrected chi connectivity index (χ3v) is 5.21. The van der Waals surface area contributed by atoms with Crippen molar-refractivity contribution in [2.45, 2.75) is 43.4 Å². The first-order valence-electron chi connectivity index (χ1n) is 5.93. The predicted octanol–water partition coefficient (Wildman–Crippen LogP) is 3.52. The van der Waals surface area contributed by atoms with Gasteiger partial charge in [0.25, 0.3) is 0 Å². The number of aryl methyl sites for hydroxylation is 2. The van der Waals surface area contributed by atoms with Gasteiger partial charge in [0.1, 0.15) is 0 Å². The maximum atomic E-state index is 8.91. The molecule has 0 bridgehead atoms. The highest BCUT2D eigenvalue weighted by molar-refractivity contribution is 8.00. The summed E-state index contributed by atoms with van der Waals surface area (Å²) in [6.45, 7) is 6.52. The molecule has 0 aromatic heterocycles. The summed E-state index contributed by atoms with van der Waals surface area (Å²) >= 11 is 1.87. The Hall–Kier alpha value is -1.14. The van der Waals surface area contributed by atoms with Crippen LogP contribution in [0.1, 0.15) is 24.5 Å². The fraction of sp³-hybridized carbons (Fsp3) is 0.500. The minimum atomic E-state index is 0.373. The third kappa shape index (κ3) is 2.02. The lowest BCUT2D eigenvalue weighted by Crippen LogP contribution is -2.41. The number of rotatable bonds is 1. The van der Waals surface area contributed by atoms with Crippen molar-refractivity contribution in [1.82, 2.24) is 0 Å². The maximum Gasteiger partial charge on any atom is 0.0634 e. The fourth-order valence-electron chi connectivity index (χ4n) is 2.36. The van der Waals surface area contributed by atoms with Crippen LogP contribution in [0.25, 0.3) is 0 Å². The Bertz CT molecular complexity index is 476. The summed E-state index contributed by atoms with van der Waals surface area (Å²) in [7, 11) is 2.14.